The highest BCUT2D eigenvalue weighted by Crippen LogP contribution is 2.25. The Bertz CT molecular complexity index is 276. The summed E-state index contributed by atoms with van der Waals surface area (Å²) in [6, 6.07) is 7.46. The minimum Gasteiger partial charge on any atom is -0.434 e. The molecular formula is C9H8BrF2O. The van der Waals surface area contributed by atoms with Gasteiger partial charge in [0.05, 0.1) is 0 Å². The van der Waals surface area contributed by atoms with E-state index in [1.54, 1.807) is 12.1 Å². The van der Waals surface area contributed by atoms with Crippen LogP contribution in [-0.2, 0) is 0 Å². The lowest BCUT2D eigenvalue weighted by molar-refractivity contribution is -0.0500. The van der Waals surface area contributed by atoms with Crippen molar-refractivity contribution in [2.45, 2.75) is 18.4 Å². The van der Waals surface area contributed by atoms with Crippen LogP contribution in [0.2, 0.25) is 0 Å². The number of alkyl halides is 3. The minimum absolute atomic E-state index is 0.0683. The molecular weight excluding hydrogens is 242 g/mol. The molecule has 0 saturated heterocycles. The van der Waals surface area contributed by atoms with Crippen LogP contribution in [0.5, 0.6) is 5.75 Å². The van der Waals surface area contributed by atoms with Gasteiger partial charge in [-0.25, -0.2) is 0 Å². The van der Waals surface area contributed by atoms with Crippen LogP contribution < -0.4 is 4.74 Å². The number of ether oxygens (including phenoxy) is 1. The van der Waals surface area contributed by atoms with E-state index in [4.69, 9.17) is 0 Å². The monoisotopic (exact) mass is 249 g/mol. The van der Waals surface area contributed by atoms with Gasteiger partial charge in [0.1, 0.15) is 5.75 Å². The van der Waals surface area contributed by atoms with Crippen molar-refractivity contribution in [2.24, 2.45) is 0 Å². The summed E-state index contributed by atoms with van der Waals surface area (Å²) in [6.07, 6.45) is 0. The standard InChI is InChI=1S/C9H8BrF2O/c1-6(10)7-3-2-4-8(5-7)13-9(11)12/h2-3,5-6,9H,1H3. The van der Waals surface area contributed by atoms with E-state index in [0.29, 0.717) is 0 Å². The van der Waals surface area contributed by atoms with Crippen molar-refractivity contribution in [3.63, 3.8) is 0 Å². The maximum Gasteiger partial charge on any atom is 0.387 e. The fraction of sp³-hybridized carbons (Fsp3) is 0.333. The molecule has 0 aliphatic carbocycles. The largest absolute Gasteiger partial charge is 0.434 e. The first-order chi connectivity index (χ1) is 6.09. The second kappa shape index (κ2) is 4.56. The molecule has 13 heavy (non-hydrogen) atoms. The number of hydrogen-bond donors (Lipinski definition) is 0. The van der Waals surface area contributed by atoms with E-state index in [-0.39, 0.29) is 10.6 Å². The van der Waals surface area contributed by atoms with Gasteiger partial charge in [-0.2, -0.15) is 8.78 Å². The van der Waals surface area contributed by atoms with Crippen molar-refractivity contribution in [2.75, 3.05) is 0 Å². The normalized spacial score (nSPS) is 13.0. The highest BCUT2D eigenvalue weighted by atomic mass is 79.9. The van der Waals surface area contributed by atoms with E-state index < -0.39 is 6.61 Å². The molecule has 0 fully saturated rings. The van der Waals surface area contributed by atoms with Crippen molar-refractivity contribution in [1.82, 2.24) is 0 Å². The van der Waals surface area contributed by atoms with E-state index in [1.165, 1.54) is 6.07 Å². The number of hydrogen-bond acceptors (Lipinski definition) is 1. The van der Waals surface area contributed by atoms with Crippen LogP contribution in [-0.4, -0.2) is 6.61 Å². The summed E-state index contributed by atoms with van der Waals surface area (Å²) in [6.45, 7) is -0.890. The van der Waals surface area contributed by atoms with E-state index in [9.17, 15) is 8.78 Å². The van der Waals surface area contributed by atoms with E-state index >= 15 is 0 Å². The first-order valence-corrected chi connectivity index (χ1v) is 4.61. The summed E-state index contributed by atoms with van der Waals surface area (Å²) in [7, 11) is 0. The number of benzene rings is 1. The highest BCUT2D eigenvalue weighted by molar-refractivity contribution is 9.09. The SMILES string of the molecule is CC(Br)c1cc[c]c(OC(F)F)c1. The minimum atomic E-state index is -2.79. The van der Waals surface area contributed by atoms with Crippen LogP contribution in [0.3, 0.4) is 0 Å². The fourth-order valence-electron chi connectivity index (χ4n) is 0.873. The molecule has 0 aromatic heterocycles. The van der Waals surface area contributed by atoms with E-state index in [0.717, 1.165) is 5.56 Å². The van der Waals surface area contributed by atoms with Crippen LogP contribution >= 0.6 is 15.9 Å². The van der Waals surface area contributed by atoms with Crippen molar-refractivity contribution < 1.29 is 13.5 Å². The molecule has 0 N–H and O–H groups in total. The molecule has 4 heteroatoms. The van der Waals surface area contributed by atoms with Crippen molar-refractivity contribution in [1.29, 1.82) is 0 Å². The average Bonchev–Trinajstić information content (AvgIpc) is 2.03. The Morgan fingerprint density at radius 2 is 2.23 bits per heavy atom. The summed E-state index contributed by atoms with van der Waals surface area (Å²) >= 11 is 3.33. The van der Waals surface area contributed by atoms with Crippen LogP contribution in [0.4, 0.5) is 8.78 Å². The van der Waals surface area contributed by atoms with Crippen LogP contribution in [0.1, 0.15) is 17.3 Å². The Labute approximate surface area is 83.8 Å². The third-order valence-corrected chi connectivity index (χ3v) is 2.00. The third kappa shape index (κ3) is 3.30. The van der Waals surface area contributed by atoms with Gasteiger partial charge in [0.25, 0.3) is 0 Å². The molecule has 1 rings (SSSR count). The lowest BCUT2D eigenvalue weighted by Gasteiger charge is -2.07. The predicted molar refractivity (Wildman–Crippen MR) is 49.3 cm³/mol. The molecule has 1 atom stereocenters. The summed E-state index contributed by atoms with van der Waals surface area (Å²) in [5.74, 6) is 0.0683. The molecule has 0 saturated carbocycles. The summed E-state index contributed by atoms with van der Waals surface area (Å²) in [4.78, 5) is 0.113. The Morgan fingerprint density at radius 3 is 2.77 bits per heavy atom. The summed E-state index contributed by atoms with van der Waals surface area (Å²) in [5.41, 5.74) is 0.884. The zero-order chi connectivity index (χ0) is 9.84. The number of halogens is 3. The summed E-state index contributed by atoms with van der Waals surface area (Å²) in [5, 5.41) is 0. The number of rotatable bonds is 3. The molecule has 0 aliphatic heterocycles. The fourth-order valence-corrected chi connectivity index (χ4v) is 1.16. The Balaban J connectivity index is 2.79. The third-order valence-electron chi connectivity index (χ3n) is 1.47. The molecule has 0 aliphatic rings. The molecule has 0 amide bonds. The van der Waals surface area contributed by atoms with E-state index in [1.807, 2.05) is 6.92 Å². The van der Waals surface area contributed by atoms with Gasteiger partial charge in [-0.1, -0.05) is 28.1 Å². The quantitative estimate of drug-likeness (QED) is 0.745. The lowest BCUT2D eigenvalue weighted by atomic mass is 10.2. The van der Waals surface area contributed by atoms with Crippen LogP contribution in [0.15, 0.2) is 18.2 Å². The average molecular weight is 250 g/mol. The molecule has 1 nitrogen and oxygen atoms in total. The first-order valence-electron chi connectivity index (χ1n) is 3.70. The summed E-state index contributed by atoms with van der Waals surface area (Å²) < 4.78 is 27.8. The van der Waals surface area contributed by atoms with Gasteiger partial charge in [-0.3, -0.25) is 0 Å². The van der Waals surface area contributed by atoms with Gasteiger partial charge < -0.3 is 4.74 Å². The zero-order valence-corrected chi connectivity index (χ0v) is 8.51. The molecule has 1 aromatic carbocycles. The van der Waals surface area contributed by atoms with Crippen LogP contribution in [0.25, 0.3) is 0 Å². The van der Waals surface area contributed by atoms with Crippen LogP contribution in [0, 0.1) is 6.07 Å². The Kier molecular flexibility index (Phi) is 3.66. The van der Waals surface area contributed by atoms with Crippen molar-refractivity contribution in [3.05, 3.63) is 29.8 Å². The zero-order valence-electron chi connectivity index (χ0n) is 6.93. The van der Waals surface area contributed by atoms with Gasteiger partial charge in [0.2, 0.25) is 0 Å². The smallest absolute Gasteiger partial charge is 0.387 e. The maximum atomic E-state index is 11.8. The molecule has 0 bridgehead atoms. The van der Waals surface area contributed by atoms with E-state index in [2.05, 4.69) is 26.7 Å². The second-order valence-electron chi connectivity index (χ2n) is 2.48. The molecule has 0 spiro atoms. The van der Waals surface area contributed by atoms with Crippen molar-refractivity contribution >= 4 is 15.9 Å². The van der Waals surface area contributed by atoms with Gasteiger partial charge in [-0.05, 0) is 18.6 Å². The molecule has 1 radical (unpaired) electrons. The van der Waals surface area contributed by atoms with Gasteiger partial charge >= 0.3 is 6.61 Å². The van der Waals surface area contributed by atoms with Crippen molar-refractivity contribution in [3.8, 4) is 5.75 Å². The predicted octanol–water partition coefficient (Wildman–Crippen LogP) is 3.54. The Hall–Kier alpha value is -0.640. The maximum absolute atomic E-state index is 11.8. The topological polar surface area (TPSA) is 9.23 Å². The second-order valence-corrected chi connectivity index (χ2v) is 3.85. The van der Waals surface area contributed by atoms with Gasteiger partial charge in [-0.15, -0.1) is 0 Å². The molecule has 71 valence electrons. The Morgan fingerprint density at radius 1 is 1.54 bits per heavy atom. The molecule has 0 heterocycles. The van der Waals surface area contributed by atoms with Gasteiger partial charge in [0.15, 0.2) is 0 Å². The van der Waals surface area contributed by atoms with Gasteiger partial charge in [0, 0.05) is 10.9 Å². The first kappa shape index (κ1) is 10.4. The highest BCUT2D eigenvalue weighted by Gasteiger charge is 2.06. The molecule has 1 unspecified atom stereocenters. The molecule has 1 aromatic rings. The lowest BCUT2D eigenvalue weighted by Crippen LogP contribution is -2.02.